The van der Waals surface area contributed by atoms with Crippen molar-refractivity contribution in [3.8, 4) is 0 Å². The number of rotatable bonds is 10. The summed E-state index contributed by atoms with van der Waals surface area (Å²) in [5, 5.41) is 2.58. The zero-order valence-electron chi connectivity index (χ0n) is 18.0. The van der Waals surface area contributed by atoms with Crippen LogP contribution in [0.25, 0.3) is 0 Å². The highest BCUT2D eigenvalue weighted by atomic mass is 32.1. The lowest BCUT2D eigenvalue weighted by atomic mass is 10.2. The van der Waals surface area contributed by atoms with Crippen LogP contribution in [-0.2, 0) is 27.4 Å². The molecule has 0 saturated heterocycles. The zero-order valence-corrected chi connectivity index (χ0v) is 18.8. The molecule has 1 saturated carbocycles. The summed E-state index contributed by atoms with van der Waals surface area (Å²) in [6.45, 7) is 4.76. The van der Waals surface area contributed by atoms with E-state index in [1.54, 1.807) is 28.1 Å². The third kappa shape index (κ3) is 7.10. The lowest BCUT2D eigenvalue weighted by Crippen LogP contribution is -2.48. The SMILES string of the molecule is CCOC(=O)CNC(=O)N(CC(=O)N(Cc1ccccc1)Cc1ccc(C)s1)C1CC1. The molecule has 0 radical (unpaired) electrons. The largest absolute Gasteiger partial charge is 0.465 e. The molecule has 1 heterocycles. The van der Waals surface area contributed by atoms with Crippen molar-refractivity contribution < 1.29 is 19.1 Å². The van der Waals surface area contributed by atoms with Crippen LogP contribution in [-0.4, -0.2) is 53.4 Å². The maximum absolute atomic E-state index is 13.3. The number of ether oxygens (including phenoxy) is 1. The summed E-state index contributed by atoms with van der Waals surface area (Å²) in [5.41, 5.74) is 1.04. The van der Waals surface area contributed by atoms with Gasteiger partial charge in [0.05, 0.1) is 13.2 Å². The average molecular weight is 444 g/mol. The summed E-state index contributed by atoms with van der Waals surface area (Å²) in [5.74, 6) is -0.607. The van der Waals surface area contributed by atoms with E-state index in [2.05, 4.69) is 5.32 Å². The van der Waals surface area contributed by atoms with Crippen LogP contribution < -0.4 is 5.32 Å². The Balaban J connectivity index is 1.67. The van der Waals surface area contributed by atoms with Gasteiger partial charge in [-0.05, 0) is 44.4 Å². The normalized spacial score (nSPS) is 12.8. The number of urea groups is 1. The third-order valence-corrected chi connectivity index (χ3v) is 5.94. The average Bonchev–Trinajstić information content (AvgIpc) is 3.52. The maximum atomic E-state index is 13.3. The summed E-state index contributed by atoms with van der Waals surface area (Å²) < 4.78 is 4.86. The van der Waals surface area contributed by atoms with E-state index in [4.69, 9.17) is 4.74 Å². The van der Waals surface area contributed by atoms with Crippen molar-refractivity contribution >= 4 is 29.2 Å². The molecule has 31 heavy (non-hydrogen) atoms. The van der Waals surface area contributed by atoms with Crippen molar-refractivity contribution in [1.82, 2.24) is 15.1 Å². The summed E-state index contributed by atoms with van der Waals surface area (Å²) in [4.78, 5) is 43.1. The molecule has 1 fully saturated rings. The second kappa shape index (κ2) is 10.9. The Morgan fingerprint density at radius 1 is 1.10 bits per heavy atom. The predicted octanol–water partition coefficient (Wildman–Crippen LogP) is 3.32. The number of hydrogen-bond donors (Lipinski definition) is 1. The quantitative estimate of drug-likeness (QED) is 0.572. The number of aryl methyl sites for hydroxylation is 1. The summed E-state index contributed by atoms with van der Waals surface area (Å²) >= 11 is 1.67. The van der Waals surface area contributed by atoms with Gasteiger partial charge in [0.2, 0.25) is 5.91 Å². The number of carbonyl (C=O) groups is 3. The monoisotopic (exact) mass is 443 g/mol. The summed E-state index contributed by atoms with van der Waals surface area (Å²) in [6, 6.07) is 13.5. The van der Waals surface area contributed by atoms with Crippen LogP contribution >= 0.6 is 11.3 Å². The van der Waals surface area contributed by atoms with Crippen LogP contribution in [0.3, 0.4) is 0 Å². The molecule has 1 aliphatic rings. The van der Waals surface area contributed by atoms with Crippen LogP contribution in [0.2, 0.25) is 0 Å². The zero-order chi connectivity index (χ0) is 22.2. The van der Waals surface area contributed by atoms with E-state index < -0.39 is 12.0 Å². The number of carbonyl (C=O) groups excluding carboxylic acids is 3. The number of thiophene rings is 1. The van der Waals surface area contributed by atoms with E-state index in [9.17, 15) is 14.4 Å². The molecule has 0 atom stereocenters. The van der Waals surface area contributed by atoms with Gasteiger partial charge in [-0.2, -0.15) is 0 Å². The first-order valence-corrected chi connectivity index (χ1v) is 11.3. The Morgan fingerprint density at radius 2 is 1.84 bits per heavy atom. The minimum atomic E-state index is -0.489. The van der Waals surface area contributed by atoms with E-state index in [1.807, 2.05) is 49.4 Å². The van der Waals surface area contributed by atoms with Crippen LogP contribution in [0.15, 0.2) is 42.5 Å². The molecule has 3 rings (SSSR count). The minimum Gasteiger partial charge on any atom is -0.465 e. The van der Waals surface area contributed by atoms with Gasteiger partial charge in [0.15, 0.2) is 0 Å². The van der Waals surface area contributed by atoms with E-state index in [0.29, 0.717) is 13.1 Å². The van der Waals surface area contributed by atoms with Gasteiger partial charge in [0.1, 0.15) is 13.1 Å². The van der Waals surface area contributed by atoms with Gasteiger partial charge < -0.3 is 19.9 Å². The van der Waals surface area contributed by atoms with Crippen molar-refractivity contribution in [2.75, 3.05) is 19.7 Å². The highest BCUT2D eigenvalue weighted by molar-refractivity contribution is 7.11. The first-order valence-electron chi connectivity index (χ1n) is 10.5. The van der Waals surface area contributed by atoms with Crippen molar-refractivity contribution in [2.45, 2.75) is 45.8 Å². The number of esters is 1. The fourth-order valence-corrected chi connectivity index (χ4v) is 4.16. The topological polar surface area (TPSA) is 79.0 Å². The van der Waals surface area contributed by atoms with Gasteiger partial charge in [-0.25, -0.2) is 4.79 Å². The third-order valence-electron chi connectivity index (χ3n) is 4.96. The Kier molecular flexibility index (Phi) is 8.06. The molecule has 3 amide bonds. The Hall–Kier alpha value is -2.87. The predicted molar refractivity (Wildman–Crippen MR) is 120 cm³/mol. The summed E-state index contributed by atoms with van der Waals surface area (Å²) in [7, 11) is 0. The number of nitrogens with one attached hydrogen (secondary N) is 1. The summed E-state index contributed by atoms with van der Waals surface area (Å²) in [6.07, 6.45) is 1.73. The van der Waals surface area contributed by atoms with Crippen molar-refractivity contribution in [1.29, 1.82) is 0 Å². The Morgan fingerprint density at radius 3 is 2.45 bits per heavy atom. The van der Waals surface area contributed by atoms with E-state index in [1.165, 1.54) is 4.88 Å². The van der Waals surface area contributed by atoms with E-state index in [-0.39, 0.29) is 31.6 Å². The number of benzene rings is 1. The molecule has 0 unspecified atom stereocenters. The fourth-order valence-electron chi connectivity index (χ4n) is 3.25. The Labute approximate surface area is 187 Å². The van der Waals surface area contributed by atoms with Gasteiger partial charge in [-0.1, -0.05) is 30.3 Å². The van der Waals surface area contributed by atoms with Crippen LogP contribution in [0.4, 0.5) is 4.79 Å². The molecule has 0 aliphatic heterocycles. The lowest BCUT2D eigenvalue weighted by molar-refractivity contribution is -0.141. The molecule has 7 nitrogen and oxygen atoms in total. The standard InChI is InChI=1S/C23H29N3O4S/c1-3-30-22(28)13-24-23(29)26(19-10-11-19)16-21(27)25(14-18-7-5-4-6-8-18)15-20-12-9-17(2)31-20/h4-9,12,19H,3,10-11,13-16H2,1-2H3,(H,24,29). The molecule has 1 N–H and O–H groups in total. The van der Waals surface area contributed by atoms with Crippen molar-refractivity contribution in [2.24, 2.45) is 0 Å². The van der Waals surface area contributed by atoms with Gasteiger partial charge in [-0.3, -0.25) is 9.59 Å². The molecule has 1 aliphatic carbocycles. The van der Waals surface area contributed by atoms with E-state index >= 15 is 0 Å². The lowest BCUT2D eigenvalue weighted by Gasteiger charge is -2.27. The molecule has 8 heteroatoms. The first-order chi connectivity index (χ1) is 15.0. The van der Waals surface area contributed by atoms with Gasteiger partial charge in [0, 0.05) is 22.3 Å². The van der Waals surface area contributed by atoms with Crippen LogP contribution in [0.5, 0.6) is 0 Å². The first kappa shape index (κ1) is 22.8. The van der Waals surface area contributed by atoms with Crippen molar-refractivity contribution in [3.05, 3.63) is 57.8 Å². The number of hydrogen-bond acceptors (Lipinski definition) is 5. The molecule has 166 valence electrons. The van der Waals surface area contributed by atoms with Crippen LogP contribution in [0, 0.1) is 6.92 Å². The van der Waals surface area contributed by atoms with Crippen LogP contribution in [0.1, 0.15) is 35.1 Å². The maximum Gasteiger partial charge on any atom is 0.325 e. The molecular weight excluding hydrogens is 414 g/mol. The second-order valence-electron chi connectivity index (χ2n) is 7.57. The molecule has 1 aromatic carbocycles. The minimum absolute atomic E-state index is 0.0173. The fraction of sp³-hybridized carbons (Fsp3) is 0.435. The molecular formula is C23H29N3O4S. The van der Waals surface area contributed by atoms with Crippen molar-refractivity contribution in [3.63, 3.8) is 0 Å². The van der Waals surface area contributed by atoms with Gasteiger partial charge >= 0.3 is 12.0 Å². The molecule has 0 spiro atoms. The van der Waals surface area contributed by atoms with E-state index in [0.717, 1.165) is 23.3 Å². The second-order valence-corrected chi connectivity index (χ2v) is 8.94. The molecule has 0 bridgehead atoms. The van der Waals surface area contributed by atoms with Gasteiger partial charge in [0.25, 0.3) is 0 Å². The smallest absolute Gasteiger partial charge is 0.325 e. The highest BCUT2D eigenvalue weighted by Gasteiger charge is 2.35. The molecule has 1 aromatic heterocycles. The number of nitrogens with zero attached hydrogens (tertiary/aromatic N) is 2. The molecule has 2 aromatic rings. The highest BCUT2D eigenvalue weighted by Crippen LogP contribution is 2.27. The van der Waals surface area contributed by atoms with Gasteiger partial charge in [-0.15, -0.1) is 11.3 Å². The number of amides is 3. The Bertz CT molecular complexity index is 895.